The number of nitrogens with one attached hydrogen (secondary N) is 2. The number of hydrogen-bond donors (Lipinski definition) is 2. The molecule has 0 atom stereocenters. The van der Waals surface area contributed by atoms with Crippen molar-refractivity contribution in [1.29, 1.82) is 0 Å². The number of benzene rings is 1. The Balaban J connectivity index is 2.17. The molecule has 0 saturated carbocycles. The Morgan fingerprint density at radius 1 is 1.32 bits per heavy atom. The minimum absolute atomic E-state index is 0.136. The summed E-state index contributed by atoms with van der Waals surface area (Å²) in [5.74, 6) is -0.848. The molecule has 2 aromatic rings. The molecule has 0 unspecified atom stereocenters. The van der Waals surface area contributed by atoms with Crippen molar-refractivity contribution in [3.63, 3.8) is 0 Å². The van der Waals surface area contributed by atoms with Gasteiger partial charge in [0.25, 0.3) is 5.91 Å². The van der Waals surface area contributed by atoms with Crippen LogP contribution in [0.3, 0.4) is 0 Å². The van der Waals surface area contributed by atoms with Crippen molar-refractivity contribution in [3.8, 4) is 0 Å². The summed E-state index contributed by atoms with van der Waals surface area (Å²) in [6.45, 7) is 1.70. The van der Waals surface area contributed by atoms with Crippen LogP contribution in [0, 0.1) is 6.92 Å². The standard InChI is InChI=1S/C14H13F3N2O2S/c1-8-2-3-11-9(6-8)10(7-12(20)19-11)13(21)18-4-5-22-14(15,16)17/h2-3,6-7H,4-5H2,1H3,(H,18,21)(H,19,20). The van der Waals surface area contributed by atoms with E-state index in [1.165, 1.54) is 0 Å². The van der Waals surface area contributed by atoms with Crippen LogP contribution in [0.25, 0.3) is 10.9 Å². The van der Waals surface area contributed by atoms with Crippen LogP contribution >= 0.6 is 11.8 Å². The molecule has 1 amide bonds. The van der Waals surface area contributed by atoms with Gasteiger partial charge in [0.1, 0.15) is 0 Å². The second kappa shape index (κ2) is 6.43. The van der Waals surface area contributed by atoms with Crippen molar-refractivity contribution in [2.45, 2.75) is 12.4 Å². The Hall–Kier alpha value is -1.96. The molecule has 1 aromatic carbocycles. The van der Waals surface area contributed by atoms with Crippen LogP contribution in [0.15, 0.2) is 29.1 Å². The summed E-state index contributed by atoms with van der Waals surface area (Å²) >= 11 is -0.203. The van der Waals surface area contributed by atoms with Gasteiger partial charge >= 0.3 is 5.51 Å². The van der Waals surface area contributed by atoms with E-state index in [0.717, 1.165) is 11.6 Å². The number of alkyl halides is 3. The van der Waals surface area contributed by atoms with Crippen LogP contribution in [0.5, 0.6) is 0 Å². The Labute approximate surface area is 128 Å². The summed E-state index contributed by atoms with van der Waals surface area (Å²) in [5, 5.41) is 2.95. The molecule has 0 radical (unpaired) electrons. The molecular formula is C14H13F3N2O2S. The highest BCUT2D eigenvalue weighted by Gasteiger charge is 2.27. The molecule has 0 spiro atoms. The zero-order chi connectivity index (χ0) is 16.3. The van der Waals surface area contributed by atoms with Gasteiger partial charge in [-0.1, -0.05) is 11.6 Å². The van der Waals surface area contributed by atoms with Gasteiger partial charge in [-0.3, -0.25) is 9.59 Å². The van der Waals surface area contributed by atoms with E-state index in [9.17, 15) is 22.8 Å². The zero-order valence-corrected chi connectivity index (χ0v) is 12.4. The topological polar surface area (TPSA) is 62.0 Å². The van der Waals surface area contributed by atoms with Gasteiger partial charge in [0.15, 0.2) is 0 Å². The van der Waals surface area contributed by atoms with Crippen molar-refractivity contribution in [3.05, 3.63) is 45.7 Å². The van der Waals surface area contributed by atoms with E-state index in [1.807, 2.05) is 6.92 Å². The van der Waals surface area contributed by atoms with Gasteiger partial charge < -0.3 is 10.3 Å². The Morgan fingerprint density at radius 2 is 2.05 bits per heavy atom. The van der Waals surface area contributed by atoms with Crippen molar-refractivity contribution in [2.75, 3.05) is 12.3 Å². The number of aromatic nitrogens is 1. The first-order valence-electron chi connectivity index (χ1n) is 6.39. The molecule has 0 aliphatic rings. The van der Waals surface area contributed by atoms with E-state index in [4.69, 9.17) is 0 Å². The maximum atomic E-state index is 12.1. The van der Waals surface area contributed by atoms with Crippen molar-refractivity contribution < 1.29 is 18.0 Å². The van der Waals surface area contributed by atoms with E-state index in [2.05, 4.69) is 10.3 Å². The molecule has 8 heteroatoms. The fourth-order valence-corrected chi connectivity index (χ4v) is 2.42. The first kappa shape index (κ1) is 16.4. The number of aromatic amines is 1. The van der Waals surface area contributed by atoms with Crippen molar-refractivity contribution in [1.82, 2.24) is 10.3 Å². The molecule has 1 heterocycles. The minimum Gasteiger partial charge on any atom is -0.351 e. The highest BCUT2D eigenvalue weighted by atomic mass is 32.2. The molecule has 4 nitrogen and oxygen atoms in total. The molecule has 0 aliphatic heterocycles. The Bertz CT molecular complexity index is 756. The molecule has 118 valence electrons. The number of fused-ring (bicyclic) bond motifs is 1. The van der Waals surface area contributed by atoms with E-state index >= 15 is 0 Å². The molecular weight excluding hydrogens is 317 g/mol. The molecule has 22 heavy (non-hydrogen) atoms. The van der Waals surface area contributed by atoms with Crippen LogP contribution in [0.2, 0.25) is 0 Å². The number of amides is 1. The highest BCUT2D eigenvalue weighted by Crippen LogP contribution is 2.29. The summed E-state index contributed by atoms with van der Waals surface area (Å²) in [6, 6.07) is 6.36. The van der Waals surface area contributed by atoms with E-state index in [-0.39, 0.29) is 29.6 Å². The van der Waals surface area contributed by atoms with Crippen LogP contribution in [-0.4, -0.2) is 28.7 Å². The van der Waals surface area contributed by atoms with Gasteiger partial charge in [0.05, 0.1) is 5.56 Å². The summed E-state index contributed by atoms with van der Waals surface area (Å²) < 4.78 is 36.0. The molecule has 1 aromatic heterocycles. The third kappa shape index (κ3) is 4.27. The monoisotopic (exact) mass is 330 g/mol. The maximum absolute atomic E-state index is 12.1. The van der Waals surface area contributed by atoms with Gasteiger partial charge in [0, 0.05) is 29.3 Å². The van der Waals surface area contributed by atoms with Crippen LogP contribution in [0.1, 0.15) is 15.9 Å². The van der Waals surface area contributed by atoms with Crippen molar-refractivity contribution in [2.24, 2.45) is 0 Å². The predicted octanol–water partition coefficient (Wildman–Crippen LogP) is 2.82. The quantitative estimate of drug-likeness (QED) is 0.848. The van der Waals surface area contributed by atoms with Gasteiger partial charge in [-0.15, -0.1) is 0 Å². The third-order valence-electron chi connectivity index (χ3n) is 2.90. The molecule has 2 rings (SSSR count). The highest BCUT2D eigenvalue weighted by molar-refractivity contribution is 8.00. The average Bonchev–Trinajstić information content (AvgIpc) is 2.42. The van der Waals surface area contributed by atoms with Gasteiger partial charge in [-0.2, -0.15) is 13.2 Å². The number of rotatable bonds is 4. The number of pyridine rings is 1. The van der Waals surface area contributed by atoms with Gasteiger partial charge in [0.2, 0.25) is 5.56 Å². The average molecular weight is 330 g/mol. The number of halogens is 3. The smallest absolute Gasteiger partial charge is 0.351 e. The number of hydrogen-bond acceptors (Lipinski definition) is 3. The molecule has 0 saturated heterocycles. The molecule has 2 N–H and O–H groups in total. The lowest BCUT2D eigenvalue weighted by molar-refractivity contribution is -0.0327. The molecule has 0 bridgehead atoms. The SMILES string of the molecule is Cc1ccc2[nH]c(=O)cc(C(=O)NCCSC(F)(F)F)c2c1. The fourth-order valence-electron chi connectivity index (χ4n) is 1.98. The number of H-pyrrole nitrogens is 1. The lowest BCUT2D eigenvalue weighted by Crippen LogP contribution is -2.28. The first-order chi connectivity index (χ1) is 10.3. The van der Waals surface area contributed by atoms with E-state index < -0.39 is 17.0 Å². The van der Waals surface area contributed by atoms with E-state index in [1.54, 1.807) is 18.2 Å². The summed E-state index contributed by atoms with van der Waals surface area (Å²) in [7, 11) is 0. The normalized spacial score (nSPS) is 11.6. The largest absolute Gasteiger partial charge is 0.441 e. The van der Waals surface area contributed by atoms with Crippen molar-refractivity contribution >= 4 is 28.6 Å². The number of aryl methyl sites for hydroxylation is 1. The number of thioether (sulfide) groups is 1. The fraction of sp³-hybridized carbons (Fsp3) is 0.286. The lowest BCUT2D eigenvalue weighted by Gasteiger charge is -2.09. The maximum Gasteiger partial charge on any atom is 0.441 e. The van der Waals surface area contributed by atoms with Crippen LogP contribution < -0.4 is 10.9 Å². The predicted molar refractivity (Wildman–Crippen MR) is 80.2 cm³/mol. The van der Waals surface area contributed by atoms with Crippen LogP contribution in [0.4, 0.5) is 13.2 Å². The minimum atomic E-state index is -4.32. The summed E-state index contributed by atoms with van der Waals surface area (Å²) in [6.07, 6.45) is 0. The van der Waals surface area contributed by atoms with E-state index in [0.29, 0.717) is 10.9 Å². The third-order valence-corrected chi connectivity index (χ3v) is 3.63. The van der Waals surface area contributed by atoms with Gasteiger partial charge in [-0.25, -0.2) is 0 Å². The molecule has 0 fully saturated rings. The second-order valence-electron chi connectivity index (χ2n) is 4.65. The Kier molecular flexibility index (Phi) is 4.80. The van der Waals surface area contributed by atoms with Crippen LogP contribution in [-0.2, 0) is 0 Å². The summed E-state index contributed by atoms with van der Waals surface area (Å²) in [4.78, 5) is 26.3. The zero-order valence-electron chi connectivity index (χ0n) is 11.6. The molecule has 0 aliphatic carbocycles. The number of carbonyl (C=O) groups excluding carboxylic acids is 1. The Morgan fingerprint density at radius 3 is 2.73 bits per heavy atom. The first-order valence-corrected chi connectivity index (χ1v) is 7.37. The summed E-state index contributed by atoms with van der Waals surface area (Å²) in [5.41, 5.74) is -3.20. The van der Waals surface area contributed by atoms with Gasteiger partial charge in [-0.05, 0) is 30.8 Å². The second-order valence-corrected chi connectivity index (χ2v) is 5.81. The lowest BCUT2D eigenvalue weighted by atomic mass is 10.1. The number of carbonyl (C=O) groups is 1.